The summed E-state index contributed by atoms with van der Waals surface area (Å²) in [5.74, 6) is 0.676. The second-order valence-electron chi connectivity index (χ2n) is 7.97. The van der Waals surface area contributed by atoms with Crippen LogP contribution in [0, 0.1) is 0 Å². The quantitative estimate of drug-likeness (QED) is 0.325. The zero-order valence-electron chi connectivity index (χ0n) is 18.5. The van der Waals surface area contributed by atoms with E-state index in [0.717, 1.165) is 34.1 Å². The van der Waals surface area contributed by atoms with Crippen LogP contribution in [0.1, 0.15) is 36.9 Å². The minimum atomic E-state index is -3.49. The molecule has 0 spiro atoms. The van der Waals surface area contributed by atoms with E-state index in [0.29, 0.717) is 30.4 Å². The molecule has 2 aromatic heterocycles. The Kier molecular flexibility index (Phi) is 6.26. The maximum atomic E-state index is 13.0. The third-order valence-corrected chi connectivity index (χ3v) is 10.1. The van der Waals surface area contributed by atoms with Gasteiger partial charge in [-0.2, -0.15) is 4.31 Å². The molecule has 0 radical (unpaired) electrons. The van der Waals surface area contributed by atoms with Gasteiger partial charge in [-0.05, 0) is 51.0 Å². The monoisotopic (exact) mass is 499 g/mol. The van der Waals surface area contributed by atoms with Gasteiger partial charge in [0.15, 0.2) is 11.0 Å². The number of aromatic nitrogens is 4. The molecule has 1 aliphatic rings. The molecule has 5 rings (SSSR count). The number of hydrogen-bond donors (Lipinski definition) is 0. The largest absolute Gasteiger partial charge is 0.302 e. The normalized spacial score (nSPS) is 15.9. The Hall–Kier alpha value is -2.27. The van der Waals surface area contributed by atoms with Crippen LogP contribution in [0.2, 0.25) is 0 Å². The molecule has 0 unspecified atom stereocenters. The summed E-state index contributed by atoms with van der Waals surface area (Å²) in [7, 11) is -3.49. The number of para-hydroxylation sites is 1. The molecular weight excluding hydrogens is 474 g/mol. The van der Waals surface area contributed by atoms with E-state index in [1.807, 2.05) is 35.8 Å². The van der Waals surface area contributed by atoms with Gasteiger partial charge >= 0.3 is 0 Å². The molecule has 172 valence electrons. The second-order valence-corrected chi connectivity index (χ2v) is 12.3. The number of benzene rings is 2. The fourth-order valence-electron chi connectivity index (χ4n) is 4.02. The van der Waals surface area contributed by atoms with Crippen LogP contribution >= 0.6 is 23.1 Å². The van der Waals surface area contributed by atoms with Crippen molar-refractivity contribution >= 4 is 43.3 Å². The number of sulfonamides is 1. The molecule has 0 bridgehead atoms. The lowest BCUT2D eigenvalue weighted by Gasteiger charge is -2.16. The number of fused-ring (bicyclic) bond motifs is 1. The molecule has 4 aromatic rings. The van der Waals surface area contributed by atoms with Crippen molar-refractivity contribution < 1.29 is 8.42 Å². The molecule has 0 saturated carbocycles. The Morgan fingerprint density at radius 2 is 1.88 bits per heavy atom. The summed E-state index contributed by atoms with van der Waals surface area (Å²) in [5.41, 5.74) is 1.77. The molecule has 7 nitrogen and oxygen atoms in total. The van der Waals surface area contributed by atoms with Crippen molar-refractivity contribution in [2.24, 2.45) is 0 Å². The maximum Gasteiger partial charge on any atom is 0.243 e. The number of thiazole rings is 1. The molecule has 10 heteroatoms. The molecule has 1 atom stereocenters. The summed E-state index contributed by atoms with van der Waals surface area (Å²) in [4.78, 5) is 5.08. The molecule has 2 aromatic carbocycles. The smallest absolute Gasteiger partial charge is 0.243 e. The third-order valence-electron chi connectivity index (χ3n) is 5.77. The Morgan fingerprint density at radius 3 is 2.64 bits per heavy atom. The minimum absolute atomic E-state index is 0.117. The third kappa shape index (κ3) is 4.32. The van der Waals surface area contributed by atoms with E-state index in [1.54, 1.807) is 45.6 Å². The van der Waals surface area contributed by atoms with Crippen LogP contribution in [0.15, 0.2) is 58.6 Å². The number of rotatable bonds is 7. The first-order valence-electron chi connectivity index (χ1n) is 11.0. The number of thioether (sulfide) groups is 1. The van der Waals surface area contributed by atoms with Crippen LogP contribution < -0.4 is 0 Å². The fourth-order valence-corrected chi connectivity index (χ4v) is 7.67. The maximum absolute atomic E-state index is 13.0. The summed E-state index contributed by atoms with van der Waals surface area (Å²) in [6, 6.07) is 15.2. The lowest BCUT2D eigenvalue weighted by molar-refractivity contribution is 0.477. The standard InChI is InChI=1S/C23H25N5O2S3/c1-3-28-21(17-9-8-10-18(15-17)33(29,30)27-13-6-7-14-27)25-26-23(28)31-16(2)22-24-19-11-4-5-12-20(19)32-22/h4-5,8-12,15-16H,3,6-7,13-14H2,1-2H3/t16-/m1/s1. The van der Waals surface area contributed by atoms with E-state index >= 15 is 0 Å². The van der Waals surface area contributed by atoms with Gasteiger partial charge < -0.3 is 4.57 Å². The zero-order chi connectivity index (χ0) is 23.0. The Balaban J connectivity index is 1.43. The molecule has 3 heterocycles. The Morgan fingerprint density at radius 1 is 1.09 bits per heavy atom. The highest BCUT2D eigenvalue weighted by molar-refractivity contribution is 7.99. The van der Waals surface area contributed by atoms with Crippen LogP contribution in [0.25, 0.3) is 21.6 Å². The molecular formula is C23H25N5O2S3. The number of nitrogens with zero attached hydrogens (tertiary/aromatic N) is 5. The van der Waals surface area contributed by atoms with Crippen molar-refractivity contribution in [3.8, 4) is 11.4 Å². The molecule has 1 fully saturated rings. The van der Waals surface area contributed by atoms with Gasteiger partial charge in [0.25, 0.3) is 0 Å². The van der Waals surface area contributed by atoms with Crippen LogP contribution in [0.4, 0.5) is 0 Å². The van der Waals surface area contributed by atoms with Crippen molar-refractivity contribution in [1.82, 2.24) is 24.1 Å². The summed E-state index contributed by atoms with van der Waals surface area (Å²) >= 11 is 3.32. The molecule has 0 aliphatic carbocycles. The van der Waals surface area contributed by atoms with Crippen LogP contribution in [0.5, 0.6) is 0 Å². The van der Waals surface area contributed by atoms with Gasteiger partial charge in [-0.25, -0.2) is 13.4 Å². The van der Waals surface area contributed by atoms with E-state index in [1.165, 1.54) is 4.70 Å². The van der Waals surface area contributed by atoms with Gasteiger partial charge in [0.2, 0.25) is 10.0 Å². The first kappa shape index (κ1) is 22.5. The first-order chi connectivity index (χ1) is 16.0. The van der Waals surface area contributed by atoms with Gasteiger partial charge in [-0.3, -0.25) is 0 Å². The summed E-state index contributed by atoms with van der Waals surface area (Å²) in [6.45, 7) is 6.02. The molecule has 33 heavy (non-hydrogen) atoms. The van der Waals surface area contributed by atoms with Crippen molar-refractivity contribution in [2.75, 3.05) is 13.1 Å². The zero-order valence-corrected chi connectivity index (χ0v) is 21.0. The SMILES string of the molecule is CCn1c(S[C@H](C)c2nc3ccccc3s2)nnc1-c1cccc(S(=O)(=O)N2CCCC2)c1. The average Bonchev–Trinajstić information content (AvgIpc) is 3.58. The Bertz CT molecular complexity index is 1360. The lowest BCUT2D eigenvalue weighted by atomic mass is 10.2. The van der Waals surface area contributed by atoms with E-state index in [2.05, 4.69) is 23.2 Å². The fraction of sp³-hybridized carbons (Fsp3) is 0.348. The summed E-state index contributed by atoms with van der Waals surface area (Å²) < 4.78 is 30.8. The molecule has 0 amide bonds. The van der Waals surface area contributed by atoms with Crippen molar-refractivity contribution in [2.45, 2.75) is 48.5 Å². The number of hydrogen-bond acceptors (Lipinski definition) is 7. The van der Waals surface area contributed by atoms with Gasteiger partial charge in [0.1, 0.15) is 5.01 Å². The highest BCUT2D eigenvalue weighted by Crippen LogP contribution is 2.38. The van der Waals surface area contributed by atoms with E-state index in [-0.39, 0.29) is 5.25 Å². The molecule has 1 aliphatic heterocycles. The van der Waals surface area contributed by atoms with E-state index in [9.17, 15) is 8.42 Å². The van der Waals surface area contributed by atoms with Crippen molar-refractivity contribution in [1.29, 1.82) is 0 Å². The highest BCUT2D eigenvalue weighted by Gasteiger charge is 2.28. The van der Waals surface area contributed by atoms with E-state index in [4.69, 9.17) is 4.98 Å². The van der Waals surface area contributed by atoms with Gasteiger partial charge in [-0.1, -0.05) is 36.0 Å². The second kappa shape index (κ2) is 9.17. The van der Waals surface area contributed by atoms with Gasteiger partial charge in [-0.15, -0.1) is 21.5 Å². The predicted octanol–water partition coefficient (Wildman–Crippen LogP) is 5.21. The lowest BCUT2D eigenvalue weighted by Crippen LogP contribution is -2.27. The topological polar surface area (TPSA) is 81.0 Å². The first-order valence-corrected chi connectivity index (χ1v) is 14.2. The van der Waals surface area contributed by atoms with Crippen LogP contribution in [-0.4, -0.2) is 45.6 Å². The van der Waals surface area contributed by atoms with Crippen molar-refractivity contribution in [3.05, 3.63) is 53.5 Å². The minimum Gasteiger partial charge on any atom is -0.302 e. The van der Waals surface area contributed by atoms with E-state index < -0.39 is 10.0 Å². The highest BCUT2D eigenvalue weighted by atomic mass is 32.2. The van der Waals surface area contributed by atoms with Crippen molar-refractivity contribution in [3.63, 3.8) is 0 Å². The van der Waals surface area contributed by atoms with Crippen LogP contribution in [-0.2, 0) is 16.6 Å². The summed E-state index contributed by atoms with van der Waals surface area (Å²) in [6.07, 6.45) is 1.83. The molecule has 0 N–H and O–H groups in total. The summed E-state index contributed by atoms with van der Waals surface area (Å²) in [5, 5.41) is 10.8. The Labute approximate surface area is 201 Å². The van der Waals surface area contributed by atoms with Gasteiger partial charge in [0.05, 0.1) is 20.4 Å². The van der Waals surface area contributed by atoms with Crippen LogP contribution in [0.3, 0.4) is 0 Å². The predicted molar refractivity (Wildman–Crippen MR) is 133 cm³/mol. The van der Waals surface area contributed by atoms with Gasteiger partial charge in [0, 0.05) is 25.2 Å². The average molecular weight is 500 g/mol. The molecule has 1 saturated heterocycles.